The highest BCUT2D eigenvalue weighted by Crippen LogP contribution is 2.53. The molecular weight excluding hydrogens is 466 g/mol. The number of aromatic nitrogens is 1. The molecule has 1 aromatic heterocycles. The lowest BCUT2D eigenvalue weighted by Crippen LogP contribution is -2.63. The zero-order valence-corrected chi connectivity index (χ0v) is 17.2. The van der Waals surface area contributed by atoms with Gasteiger partial charge in [-0.05, 0) is 39.5 Å². The third-order valence-corrected chi connectivity index (χ3v) is 8.07. The summed E-state index contributed by atoms with van der Waals surface area (Å²) in [4.78, 5) is 15.8. The zero-order chi connectivity index (χ0) is 23.3. The van der Waals surface area contributed by atoms with E-state index in [0.717, 1.165) is 11.3 Å². The first-order chi connectivity index (χ1) is 13.4. The Kier molecular flexibility index (Phi) is 6.29. The van der Waals surface area contributed by atoms with E-state index >= 15 is 0 Å². The van der Waals surface area contributed by atoms with Gasteiger partial charge in [0, 0.05) is 5.92 Å². The second-order valence-corrected chi connectivity index (χ2v) is 9.98. The summed E-state index contributed by atoms with van der Waals surface area (Å²) in [6, 6.07) is 0. The average molecular weight is 484 g/mol. The van der Waals surface area contributed by atoms with Crippen LogP contribution in [0.2, 0.25) is 0 Å². The minimum Gasteiger partial charge on any atom is -0.373 e. The van der Waals surface area contributed by atoms with Crippen molar-refractivity contribution >= 4 is 27.4 Å². The fraction of sp³-hybridized carbons (Fsp3) is 0.733. The van der Waals surface area contributed by atoms with E-state index in [1.165, 1.54) is 13.8 Å². The Morgan fingerprint density at radius 3 is 1.97 bits per heavy atom. The van der Waals surface area contributed by atoms with Gasteiger partial charge in [-0.1, -0.05) is 0 Å². The van der Waals surface area contributed by atoms with Crippen molar-refractivity contribution in [3.63, 3.8) is 0 Å². The maximum atomic E-state index is 13.1. The van der Waals surface area contributed by atoms with Crippen LogP contribution in [0.3, 0.4) is 0 Å². The van der Waals surface area contributed by atoms with Gasteiger partial charge in [0.1, 0.15) is 0 Å². The molecule has 7 nitrogen and oxygen atoms in total. The van der Waals surface area contributed by atoms with Gasteiger partial charge in [-0.2, -0.15) is 34.8 Å². The molecule has 15 heteroatoms. The molecule has 1 heterocycles. The SMILES string of the molecule is Cc1nc(C)c(S(=O)(=O)OC2(C(N)=O)CCC(C(O)(C(F)(F)F)C(F)(F)F)CC2)s1. The maximum absolute atomic E-state index is 13.1. The first-order valence-corrected chi connectivity index (χ1v) is 10.7. The molecule has 0 saturated heterocycles. The van der Waals surface area contributed by atoms with Gasteiger partial charge in [0.25, 0.3) is 11.5 Å². The Morgan fingerprint density at radius 1 is 1.17 bits per heavy atom. The Balaban J connectivity index is 2.35. The van der Waals surface area contributed by atoms with Gasteiger partial charge >= 0.3 is 22.5 Å². The number of aliphatic hydroxyl groups is 1. The predicted octanol–water partition coefficient (Wildman–Crippen LogP) is 2.74. The van der Waals surface area contributed by atoms with Gasteiger partial charge < -0.3 is 10.8 Å². The van der Waals surface area contributed by atoms with E-state index in [-0.39, 0.29) is 9.90 Å². The van der Waals surface area contributed by atoms with Crippen LogP contribution >= 0.6 is 11.3 Å². The molecule has 1 aliphatic carbocycles. The number of carbonyl (C=O) groups excluding carboxylic acids is 1. The highest BCUT2D eigenvalue weighted by atomic mass is 32.3. The first-order valence-electron chi connectivity index (χ1n) is 8.43. The smallest absolute Gasteiger partial charge is 0.373 e. The molecule has 1 amide bonds. The molecule has 0 spiro atoms. The third-order valence-electron chi connectivity index (χ3n) is 5.05. The number of carbonyl (C=O) groups is 1. The highest BCUT2D eigenvalue weighted by Gasteiger charge is 2.74. The summed E-state index contributed by atoms with van der Waals surface area (Å²) < 4.78 is 108. The number of nitrogens with zero attached hydrogens (tertiary/aromatic N) is 1. The second-order valence-electron chi connectivity index (χ2n) is 7.04. The molecule has 1 fully saturated rings. The summed E-state index contributed by atoms with van der Waals surface area (Å²) in [5.41, 5.74) is -2.11. The lowest BCUT2D eigenvalue weighted by Gasteiger charge is -2.44. The fourth-order valence-electron chi connectivity index (χ4n) is 3.49. The van der Waals surface area contributed by atoms with Gasteiger partial charge in [0.05, 0.1) is 10.7 Å². The van der Waals surface area contributed by atoms with Crippen molar-refractivity contribution in [1.82, 2.24) is 4.98 Å². The molecular formula is C15H18F6N2O5S2. The standard InChI is InChI=1S/C15H18F6N2O5S2/c1-7-10(29-8(2)23-7)30(26,27)28-12(11(22)24)5-3-9(4-6-12)13(25,14(16,17)18)15(19,20)21/h9,25H,3-6H2,1-2H3,(H2,22,24). The monoisotopic (exact) mass is 484 g/mol. The summed E-state index contributed by atoms with van der Waals surface area (Å²) >= 11 is 0.718. The summed E-state index contributed by atoms with van der Waals surface area (Å²) in [6.45, 7) is 2.85. The molecule has 0 aromatic carbocycles. The van der Waals surface area contributed by atoms with Crippen LogP contribution in [-0.4, -0.2) is 48.0 Å². The lowest BCUT2D eigenvalue weighted by atomic mass is 9.70. The van der Waals surface area contributed by atoms with E-state index in [9.17, 15) is 44.7 Å². The van der Waals surface area contributed by atoms with Crippen LogP contribution in [0, 0.1) is 19.8 Å². The van der Waals surface area contributed by atoms with Gasteiger partial charge in [0.2, 0.25) is 0 Å². The van der Waals surface area contributed by atoms with E-state index in [0.29, 0.717) is 5.01 Å². The fourth-order valence-corrected chi connectivity index (χ4v) is 6.16. The van der Waals surface area contributed by atoms with Gasteiger partial charge in [-0.25, -0.2) is 9.17 Å². The maximum Gasteiger partial charge on any atom is 0.426 e. The molecule has 2 rings (SSSR count). The molecule has 30 heavy (non-hydrogen) atoms. The van der Waals surface area contributed by atoms with Crippen LogP contribution < -0.4 is 5.73 Å². The summed E-state index contributed by atoms with van der Waals surface area (Å²) in [5, 5.41) is 9.89. The number of amides is 1. The molecule has 3 N–H and O–H groups in total. The average Bonchev–Trinajstić information content (AvgIpc) is 2.91. The Bertz CT molecular complexity index is 903. The zero-order valence-electron chi connectivity index (χ0n) is 15.6. The molecule has 0 radical (unpaired) electrons. The van der Waals surface area contributed by atoms with Crippen LogP contribution in [0.15, 0.2) is 4.21 Å². The van der Waals surface area contributed by atoms with Crippen LogP contribution in [-0.2, 0) is 19.1 Å². The van der Waals surface area contributed by atoms with Crippen LogP contribution in [0.1, 0.15) is 36.4 Å². The number of rotatable bonds is 5. The lowest BCUT2D eigenvalue weighted by molar-refractivity contribution is -0.388. The van der Waals surface area contributed by atoms with Crippen molar-refractivity contribution < 1.29 is 48.8 Å². The number of hydrogen-bond acceptors (Lipinski definition) is 7. The number of hydrogen-bond donors (Lipinski definition) is 2. The van der Waals surface area contributed by atoms with E-state index in [1.807, 2.05) is 0 Å². The highest BCUT2D eigenvalue weighted by molar-refractivity contribution is 7.89. The molecule has 172 valence electrons. The Hall–Kier alpha value is -1.45. The Morgan fingerprint density at radius 2 is 1.63 bits per heavy atom. The molecule has 0 bridgehead atoms. The topological polar surface area (TPSA) is 120 Å². The van der Waals surface area contributed by atoms with Crippen LogP contribution in [0.4, 0.5) is 26.3 Å². The molecule has 0 atom stereocenters. The van der Waals surface area contributed by atoms with Crippen molar-refractivity contribution in [1.29, 1.82) is 0 Å². The van der Waals surface area contributed by atoms with Gasteiger partial charge in [-0.15, -0.1) is 11.3 Å². The largest absolute Gasteiger partial charge is 0.426 e. The van der Waals surface area contributed by atoms with Crippen molar-refractivity contribution in [2.24, 2.45) is 11.7 Å². The number of halogens is 6. The number of primary amides is 1. The number of nitrogens with two attached hydrogens (primary N) is 1. The van der Waals surface area contributed by atoms with Crippen molar-refractivity contribution in [3.05, 3.63) is 10.7 Å². The predicted molar refractivity (Wildman–Crippen MR) is 90.8 cm³/mol. The minimum atomic E-state index is -6.03. The van der Waals surface area contributed by atoms with Crippen LogP contribution in [0.5, 0.6) is 0 Å². The molecule has 0 aliphatic heterocycles. The van der Waals surface area contributed by atoms with E-state index in [4.69, 9.17) is 9.92 Å². The number of thiazole rings is 1. The van der Waals surface area contributed by atoms with Crippen LogP contribution in [0.25, 0.3) is 0 Å². The Labute approximate surface area is 171 Å². The van der Waals surface area contributed by atoms with Crippen molar-refractivity contribution in [2.75, 3.05) is 0 Å². The molecule has 1 aromatic rings. The second kappa shape index (κ2) is 7.60. The summed E-state index contributed by atoms with van der Waals surface area (Å²) in [5.74, 6) is -3.73. The summed E-state index contributed by atoms with van der Waals surface area (Å²) in [6.07, 6.45) is -15.8. The van der Waals surface area contributed by atoms with E-state index in [1.54, 1.807) is 0 Å². The number of alkyl halides is 6. The normalized spacial score (nSPS) is 24.1. The molecule has 1 aliphatic rings. The molecule has 0 unspecified atom stereocenters. The van der Waals surface area contributed by atoms with Crippen molar-refractivity contribution in [3.8, 4) is 0 Å². The van der Waals surface area contributed by atoms with E-state index in [2.05, 4.69) is 4.98 Å². The minimum absolute atomic E-state index is 0.0503. The van der Waals surface area contributed by atoms with Gasteiger partial charge in [0.15, 0.2) is 9.81 Å². The first kappa shape index (κ1) is 24.8. The van der Waals surface area contributed by atoms with Gasteiger partial charge in [-0.3, -0.25) is 4.79 Å². The molecule has 1 saturated carbocycles. The third kappa shape index (κ3) is 4.16. The van der Waals surface area contributed by atoms with Crippen molar-refractivity contribution in [2.45, 2.75) is 67.3 Å². The number of aryl methyl sites for hydroxylation is 2. The van der Waals surface area contributed by atoms with E-state index < -0.39 is 71.2 Å². The quantitative estimate of drug-likeness (QED) is 0.490. The summed E-state index contributed by atoms with van der Waals surface area (Å²) in [7, 11) is -4.63.